The van der Waals surface area contributed by atoms with Crippen LogP contribution in [0.3, 0.4) is 0 Å². The summed E-state index contributed by atoms with van der Waals surface area (Å²) in [5.74, 6) is 1.71. The molecule has 0 amide bonds. The van der Waals surface area contributed by atoms with E-state index in [2.05, 4.69) is 33.3 Å². The van der Waals surface area contributed by atoms with E-state index in [0.717, 1.165) is 30.6 Å². The first-order valence-electron chi connectivity index (χ1n) is 5.54. The number of rotatable bonds is 3. The van der Waals surface area contributed by atoms with Gasteiger partial charge in [-0.1, -0.05) is 11.8 Å². The van der Waals surface area contributed by atoms with Crippen LogP contribution >= 0.6 is 11.8 Å². The van der Waals surface area contributed by atoms with E-state index >= 15 is 0 Å². The third-order valence-electron chi connectivity index (χ3n) is 2.91. The van der Waals surface area contributed by atoms with Crippen molar-refractivity contribution in [3.05, 3.63) is 5.82 Å². The molecular formula is C10H18N4S. The summed E-state index contributed by atoms with van der Waals surface area (Å²) >= 11 is 1.67. The van der Waals surface area contributed by atoms with Gasteiger partial charge in [-0.15, -0.1) is 10.2 Å². The van der Waals surface area contributed by atoms with Crippen molar-refractivity contribution >= 4 is 11.8 Å². The fourth-order valence-corrected chi connectivity index (χ4v) is 2.69. The highest BCUT2D eigenvalue weighted by atomic mass is 32.2. The van der Waals surface area contributed by atoms with Crippen molar-refractivity contribution in [3.63, 3.8) is 0 Å². The average molecular weight is 226 g/mol. The molecule has 1 saturated heterocycles. The van der Waals surface area contributed by atoms with Crippen LogP contribution in [0.2, 0.25) is 0 Å². The highest BCUT2D eigenvalue weighted by Crippen LogP contribution is 2.24. The number of piperidine rings is 1. The first-order chi connectivity index (χ1) is 7.36. The monoisotopic (exact) mass is 226 g/mol. The van der Waals surface area contributed by atoms with Crippen LogP contribution in [0.25, 0.3) is 0 Å². The third kappa shape index (κ3) is 2.18. The molecule has 1 fully saturated rings. The average Bonchev–Trinajstić information content (AvgIpc) is 2.72. The Morgan fingerprint density at radius 3 is 3.00 bits per heavy atom. The Kier molecular flexibility index (Phi) is 3.64. The number of hydrogen-bond donors (Lipinski definition) is 1. The van der Waals surface area contributed by atoms with Crippen LogP contribution in [-0.2, 0) is 6.54 Å². The number of thioether (sulfide) groups is 1. The van der Waals surface area contributed by atoms with Crippen molar-refractivity contribution in [2.45, 2.75) is 37.4 Å². The second-order valence-corrected chi connectivity index (χ2v) is 4.61. The van der Waals surface area contributed by atoms with Gasteiger partial charge < -0.3 is 9.88 Å². The van der Waals surface area contributed by atoms with E-state index in [9.17, 15) is 0 Å². The van der Waals surface area contributed by atoms with Crippen LogP contribution in [-0.4, -0.2) is 34.1 Å². The molecule has 1 atom stereocenters. The minimum Gasteiger partial charge on any atom is -0.316 e. The Balaban J connectivity index is 2.22. The van der Waals surface area contributed by atoms with E-state index < -0.39 is 0 Å². The topological polar surface area (TPSA) is 42.7 Å². The number of hydrogen-bond acceptors (Lipinski definition) is 4. The Bertz CT molecular complexity index is 317. The van der Waals surface area contributed by atoms with Gasteiger partial charge in [-0.05, 0) is 32.6 Å². The predicted molar refractivity (Wildman–Crippen MR) is 62.3 cm³/mol. The molecule has 1 aliphatic heterocycles. The van der Waals surface area contributed by atoms with Gasteiger partial charge in [-0.2, -0.15) is 0 Å². The number of nitrogens with one attached hydrogen (secondary N) is 1. The summed E-state index contributed by atoms with van der Waals surface area (Å²) in [4.78, 5) is 0. The van der Waals surface area contributed by atoms with E-state index in [1.54, 1.807) is 11.8 Å². The lowest BCUT2D eigenvalue weighted by atomic mass is 9.99. The normalized spacial score (nSPS) is 21.9. The van der Waals surface area contributed by atoms with Gasteiger partial charge >= 0.3 is 0 Å². The predicted octanol–water partition coefficient (Wildman–Crippen LogP) is 1.49. The first-order valence-corrected chi connectivity index (χ1v) is 6.77. The highest BCUT2D eigenvalue weighted by molar-refractivity contribution is 7.98. The molecule has 0 spiro atoms. The van der Waals surface area contributed by atoms with Crippen molar-refractivity contribution in [1.82, 2.24) is 20.1 Å². The highest BCUT2D eigenvalue weighted by Gasteiger charge is 2.21. The standard InChI is InChI=1S/C10H18N4S/c1-3-14-9(12-13-10(14)15-2)8-5-4-6-11-7-8/h8,11H,3-7H2,1-2H3/t8-/m1/s1. The molecule has 0 saturated carbocycles. The molecule has 2 rings (SSSR count). The first kappa shape index (κ1) is 11.0. The molecule has 0 unspecified atom stereocenters. The van der Waals surface area contributed by atoms with Crippen LogP contribution < -0.4 is 5.32 Å². The van der Waals surface area contributed by atoms with Gasteiger partial charge in [-0.25, -0.2) is 0 Å². The van der Waals surface area contributed by atoms with E-state index in [1.807, 2.05) is 0 Å². The minimum absolute atomic E-state index is 0.548. The van der Waals surface area contributed by atoms with Gasteiger partial charge in [0.05, 0.1) is 0 Å². The lowest BCUT2D eigenvalue weighted by Gasteiger charge is -2.22. The summed E-state index contributed by atoms with van der Waals surface area (Å²) in [7, 11) is 0. The zero-order chi connectivity index (χ0) is 10.7. The Morgan fingerprint density at radius 1 is 1.53 bits per heavy atom. The smallest absolute Gasteiger partial charge is 0.190 e. The maximum absolute atomic E-state index is 4.33. The van der Waals surface area contributed by atoms with Crippen molar-refractivity contribution in [2.75, 3.05) is 19.3 Å². The molecule has 1 aromatic rings. The molecule has 0 aliphatic carbocycles. The van der Waals surface area contributed by atoms with Crippen LogP contribution in [0, 0.1) is 0 Å². The molecular weight excluding hydrogens is 208 g/mol. The lowest BCUT2D eigenvalue weighted by Crippen LogP contribution is -2.30. The molecule has 0 bridgehead atoms. The van der Waals surface area contributed by atoms with Crippen molar-refractivity contribution < 1.29 is 0 Å². The Hall–Kier alpha value is -0.550. The van der Waals surface area contributed by atoms with Crippen molar-refractivity contribution in [1.29, 1.82) is 0 Å². The maximum Gasteiger partial charge on any atom is 0.190 e. The lowest BCUT2D eigenvalue weighted by molar-refractivity contribution is 0.430. The second kappa shape index (κ2) is 4.99. The summed E-state index contributed by atoms with van der Waals surface area (Å²) < 4.78 is 2.24. The quantitative estimate of drug-likeness (QED) is 0.793. The SMILES string of the molecule is CCn1c(SC)nnc1[C@@H]1CCCNC1. The van der Waals surface area contributed by atoms with Crippen LogP contribution in [0.15, 0.2) is 5.16 Å². The van der Waals surface area contributed by atoms with Gasteiger partial charge in [0.25, 0.3) is 0 Å². The summed E-state index contributed by atoms with van der Waals surface area (Å²) in [5.41, 5.74) is 0. The zero-order valence-electron chi connectivity index (χ0n) is 9.36. The molecule has 15 heavy (non-hydrogen) atoms. The van der Waals surface area contributed by atoms with Crippen LogP contribution in [0.5, 0.6) is 0 Å². The van der Waals surface area contributed by atoms with Crippen LogP contribution in [0.1, 0.15) is 31.5 Å². The molecule has 1 aliphatic rings. The van der Waals surface area contributed by atoms with Gasteiger partial charge in [-0.3, -0.25) is 0 Å². The Labute approximate surface area is 94.8 Å². The van der Waals surface area contributed by atoms with E-state index in [0.29, 0.717) is 5.92 Å². The van der Waals surface area contributed by atoms with E-state index in [1.165, 1.54) is 12.8 Å². The minimum atomic E-state index is 0.548. The van der Waals surface area contributed by atoms with Gasteiger partial charge in [0.2, 0.25) is 0 Å². The zero-order valence-corrected chi connectivity index (χ0v) is 10.2. The largest absolute Gasteiger partial charge is 0.316 e. The number of aromatic nitrogens is 3. The van der Waals surface area contributed by atoms with E-state index in [4.69, 9.17) is 0 Å². The molecule has 1 N–H and O–H groups in total. The molecule has 5 heteroatoms. The molecule has 1 aromatic heterocycles. The fourth-order valence-electron chi connectivity index (χ4n) is 2.12. The molecule has 0 radical (unpaired) electrons. The summed E-state index contributed by atoms with van der Waals surface area (Å²) in [5, 5.41) is 13.0. The fraction of sp³-hybridized carbons (Fsp3) is 0.800. The van der Waals surface area contributed by atoms with Crippen molar-refractivity contribution in [3.8, 4) is 0 Å². The van der Waals surface area contributed by atoms with Crippen molar-refractivity contribution in [2.24, 2.45) is 0 Å². The summed E-state index contributed by atoms with van der Waals surface area (Å²) in [6, 6.07) is 0. The molecule has 4 nitrogen and oxygen atoms in total. The summed E-state index contributed by atoms with van der Waals surface area (Å²) in [6.45, 7) is 5.32. The van der Waals surface area contributed by atoms with E-state index in [-0.39, 0.29) is 0 Å². The molecule has 84 valence electrons. The maximum atomic E-state index is 4.33. The second-order valence-electron chi connectivity index (χ2n) is 3.83. The van der Waals surface area contributed by atoms with Gasteiger partial charge in [0, 0.05) is 19.0 Å². The third-order valence-corrected chi connectivity index (χ3v) is 3.57. The van der Waals surface area contributed by atoms with Gasteiger partial charge in [0.15, 0.2) is 5.16 Å². The van der Waals surface area contributed by atoms with Crippen LogP contribution in [0.4, 0.5) is 0 Å². The molecule has 2 heterocycles. The summed E-state index contributed by atoms with van der Waals surface area (Å²) in [6.07, 6.45) is 4.54. The number of nitrogens with zero attached hydrogens (tertiary/aromatic N) is 3. The Morgan fingerprint density at radius 2 is 2.40 bits per heavy atom. The molecule has 0 aromatic carbocycles. The van der Waals surface area contributed by atoms with Gasteiger partial charge in [0.1, 0.15) is 5.82 Å².